The van der Waals surface area contributed by atoms with Crippen molar-refractivity contribution in [2.75, 3.05) is 19.6 Å². The maximum absolute atomic E-state index is 12.7. The van der Waals surface area contributed by atoms with Gasteiger partial charge in [0.05, 0.1) is 15.2 Å². The summed E-state index contributed by atoms with van der Waals surface area (Å²) >= 11 is 8.06. The number of likely N-dealkylation sites (tertiary alicyclic amines) is 1. The Morgan fingerprint density at radius 3 is 2.68 bits per heavy atom. The lowest BCUT2D eigenvalue weighted by Gasteiger charge is -2.30. The molecule has 0 saturated carbocycles. The summed E-state index contributed by atoms with van der Waals surface area (Å²) in [5.41, 5.74) is 2.16. The summed E-state index contributed by atoms with van der Waals surface area (Å²) in [5.74, 6) is 0.675. The van der Waals surface area contributed by atoms with E-state index < -0.39 is 0 Å². The van der Waals surface area contributed by atoms with E-state index >= 15 is 0 Å². The third kappa shape index (κ3) is 4.22. The second-order valence-electron chi connectivity index (χ2n) is 7.42. The summed E-state index contributed by atoms with van der Waals surface area (Å²) in [6.45, 7) is 4.17. The van der Waals surface area contributed by atoms with Gasteiger partial charge in [0, 0.05) is 29.6 Å². The molecule has 2 heterocycles. The largest absolute Gasteiger partial charge is 0.338 e. The number of aromatic nitrogens is 1. The molecule has 4 nitrogen and oxygen atoms in total. The molecule has 1 aliphatic heterocycles. The fourth-order valence-electron chi connectivity index (χ4n) is 3.82. The molecule has 6 heteroatoms. The highest BCUT2D eigenvalue weighted by Gasteiger charge is 2.27. The van der Waals surface area contributed by atoms with E-state index in [1.165, 1.54) is 9.71 Å². The van der Waals surface area contributed by atoms with Crippen LogP contribution in [0.1, 0.15) is 42.3 Å². The molecular formula is C22H25ClN3OS+. The van der Waals surface area contributed by atoms with Gasteiger partial charge in [-0.1, -0.05) is 41.9 Å². The molecule has 0 spiro atoms. The first-order valence-electron chi connectivity index (χ1n) is 9.83. The number of para-hydroxylation sites is 1. The van der Waals surface area contributed by atoms with Gasteiger partial charge in [0.1, 0.15) is 6.04 Å². The number of nitrogens with zero attached hydrogens (tertiary/aromatic N) is 2. The van der Waals surface area contributed by atoms with Crippen molar-refractivity contribution >= 4 is 39.1 Å². The van der Waals surface area contributed by atoms with Crippen LogP contribution in [0.3, 0.4) is 0 Å². The Bertz CT molecular complexity index is 932. The summed E-state index contributed by atoms with van der Waals surface area (Å²) in [6, 6.07) is 16.3. The molecular weight excluding hydrogens is 390 g/mol. The normalized spacial score (nSPS) is 16.4. The lowest BCUT2D eigenvalue weighted by molar-refractivity contribution is -0.683. The van der Waals surface area contributed by atoms with Gasteiger partial charge in [-0.05, 0) is 38.0 Å². The van der Waals surface area contributed by atoms with Gasteiger partial charge in [0.15, 0.2) is 6.54 Å². The van der Waals surface area contributed by atoms with Gasteiger partial charge in [0.25, 0.3) is 5.91 Å². The molecule has 0 radical (unpaired) electrons. The van der Waals surface area contributed by atoms with Crippen molar-refractivity contribution < 1.29 is 10.1 Å². The van der Waals surface area contributed by atoms with Crippen LogP contribution in [-0.2, 0) is 4.79 Å². The lowest BCUT2D eigenvalue weighted by Crippen LogP contribution is -2.87. The van der Waals surface area contributed by atoms with Crippen molar-refractivity contribution in [2.24, 2.45) is 0 Å². The van der Waals surface area contributed by atoms with Crippen LogP contribution in [-0.4, -0.2) is 35.4 Å². The number of carbonyl (C=O) groups excluding carboxylic acids is 1. The summed E-state index contributed by atoms with van der Waals surface area (Å²) < 4.78 is 1.25. The predicted octanol–water partition coefficient (Wildman–Crippen LogP) is 3.98. The Morgan fingerprint density at radius 2 is 1.93 bits per heavy atom. The third-order valence-electron chi connectivity index (χ3n) is 5.55. The fraction of sp³-hybridized carbons (Fsp3) is 0.364. The van der Waals surface area contributed by atoms with Crippen molar-refractivity contribution in [2.45, 2.75) is 31.7 Å². The number of benzene rings is 2. The third-order valence-corrected chi connectivity index (χ3v) is 7.09. The van der Waals surface area contributed by atoms with E-state index in [9.17, 15) is 4.79 Å². The molecule has 2 N–H and O–H groups in total. The topological polar surface area (TPSA) is 49.8 Å². The predicted molar refractivity (Wildman–Crippen MR) is 115 cm³/mol. The van der Waals surface area contributed by atoms with Gasteiger partial charge in [-0.3, -0.25) is 4.79 Å². The number of halogens is 1. The van der Waals surface area contributed by atoms with Crippen LogP contribution in [0.25, 0.3) is 10.2 Å². The van der Waals surface area contributed by atoms with Gasteiger partial charge >= 0.3 is 0 Å². The maximum atomic E-state index is 12.7. The number of fused-ring (bicyclic) bond motifs is 1. The summed E-state index contributed by atoms with van der Waals surface area (Å²) in [6.07, 6.45) is 1.98. The molecule has 1 aliphatic rings. The van der Waals surface area contributed by atoms with E-state index in [1.54, 1.807) is 11.3 Å². The van der Waals surface area contributed by atoms with E-state index in [0.29, 0.717) is 12.5 Å². The van der Waals surface area contributed by atoms with Crippen LogP contribution in [0.15, 0.2) is 48.5 Å². The average molecular weight is 415 g/mol. The molecule has 3 aromatic rings. The average Bonchev–Trinajstić information content (AvgIpc) is 3.16. The van der Waals surface area contributed by atoms with E-state index in [1.807, 2.05) is 35.2 Å². The van der Waals surface area contributed by atoms with E-state index in [4.69, 9.17) is 16.6 Å². The molecule has 1 amide bonds. The Hall–Kier alpha value is -1.95. The number of amides is 1. The molecule has 28 heavy (non-hydrogen) atoms. The van der Waals surface area contributed by atoms with Crippen LogP contribution in [0.5, 0.6) is 0 Å². The number of thiazole rings is 1. The smallest absolute Gasteiger partial charge is 0.277 e. The number of quaternary nitrogens is 1. The minimum Gasteiger partial charge on any atom is -0.338 e. The van der Waals surface area contributed by atoms with E-state index in [2.05, 4.69) is 30.4 Å². The van der Waals surface area contributed by atoms with Crippen LogP contribution >= 0.6 is 22.9 Å². The van der Waals surface area contributed by atoms with Crippen molar-refractivity contribution in [3.05, 3.63) is 64.1 Å². The molecule has 1 atom stereocenters. The minimum atomic E-state index is 0.165. The van der Waals surface area contributed by atoms with Gasteiger partial charge in [-0.2, -0.15) is 0 Å². The van der Waals surface area contributed by atoms with Gasteiger partial charge in [-0.15, -0.1) is 11.3 Å². The summed E-state index contributed by atoms with van der Waals surface area (Å²) in [7, 11) is 0. The van der Waals surface area contributed by atoms with Crippen molar-refractivity contribution in [3.63, 3.8) is 0 Å². The van der Waals surface area contributed by atoms with Crippen LogP contribution in [0, 0.1) is 0 Å². The van der Waals surface area contributed by atoms with Gasteiger partial charge in [-0.25, -0.2) is 4.98 Å². The fourth-order valence-corrected chi connectivity index (χ4v) is 5.26. The lowest BCUT2D eigenvalue weighted by atomic mass is 9.97. The first-order valence-corrected chi connectivity index (χ1v) is 11.0. The SMILES string of the molecule is C[C@H]([NH2+]CC(=O)N1CCC(c2nc3ccccc3s2)CC1)c1ccccc1Cl. The standard InChI is InChI=1S/C22H24ClN3OS/c1-15(17-6-2-3-7-18(17)23)24-14-21(27)26-12-10-16(11-13-26)22-25-19-8-4-5-9-20(19)28-22/h2-9,15-16,24H,10-14H2,1H3/p+1/t15-/m0/s1. The second-order valence-corrected chi connectivity index (χ2v) is 8.89. The molecule has 2 aromatic carbocycles. The number of hydrogen-bond donors (Lipinski definition) is 1. The minimum absolute atomic E-state index is 0.165. The summed E-state index contributed by atoms with van der Waals surface area (Å²) in [5, 5.41) is 4.05. The molecule has 4 rings (SSSR count). The van der Waals surface area contributed by atoms with Crippen LogP contribution in [0.2, 0.25) is 5.02 Å². The Morgan fingerprint density at radius 1 is 1.21 bits per heavy atom. The Balaban J connectivity index is 1.29. The molecule has 0 bridgehead atoms. The molecule has 1 aromatic heterocycles. The quantitative estimate of drug-likeness (QED) is 0.686. The van der Waals surface area contributed by atoms with Gasteiger partial charge < -0.3 is 10.2 Å². The molecule has 0 aliphatic carbocycles. The number of carbonyl (C=O) groups is 1. The van der Waals surface area contributed by atoms with E-state index in [0.717, 1.165) is 42.0 Å². The van der Waals surface area contributed by atoms with Crippen molar-refractivity contribution in [1.82, 2.24) is 9.88 Å². The highest BCUT2D eigenvalue weighted by Crippen LogP contribution is 2.33. The zero-order valence-corrected chi connectivity index (χ0v) is 17.5. The highest BCUT2D eigenvalue weighted by molar-refractivity contribution is 7.18. The molecule has 146 valence electrons. The highest BCUT2D eigenvalue weighted by atomic mass is 35.5. The van der Waals surface area contributed by atoms with Gasteiger partial charge in [0.2, 0.25) is 0 Å². The number of piperidine rings is 1. The number of hydrogen-bond acceptors (Lipinski definition) is 3. The number of nitrogens with two attached hydrogens (primary N) is 1. The van der Waals surface area contributed by atoms with Crippen molar-refractivity contribution in [3.8, 4) is 0 Å². The summed E-state index contributed by atoms with van der Waals surface area (Å²) in [4.78, 5) is 19.5. The van der Waals surface area contributed by atoms with Crippen LogP contribution < -0.4 is 5.32 Å². The zero-order valence-electron chi connectivity index (χ0n) is 16.0. The monoisotopic (exact) mass is 414 g/mol. The van der Waals surface area contributed by atoms with Crippen LogP contribution in [0.4, 0.5) is 0 Å². The molecule has 1 saturated heterocycles. The number of rotatable bonds is 5. The second kappa shape index (κ2) is 8.60. The van der Waals surface area contributed by atoms with Crippen molar-refractivity contribution in [1.29, 1.82) is 0 Å². The Labute approximate surface area is 174 Å². The first-order chi connectivity index (χ1) is 13.6. The molecule has 0 unspecified atom stereocenters. The maximum Gasteiger partial charge on any atom is 0.277 e. The molecule has 1 fully saturated rings. The van der Waals surface area contributed by atoms with E-state index in [-0.39, 0.29) is 11.9 Å². The Kier molecular flexibility index (Phi) is 5.95. The first kappa shape index (κ1) is 19.4. The zero-order chi connectivity index (χ0) is 19.5.